The molecule has 1 amide bonds. The Morgan fingerprint density at radius 2 is 1.76 bits per heavy atom. The number of hydrogen-bond donors (Lipinski definition) is 1. The molecule has 0 bridgehead atoms. The molecule has 1 fully saturated rings. The van der Waals surface area contributed by atoms with Crippen molar-refractivity contribution in [3.8, 4) is 0 Å². The Labute approximate surface area is 136 Å². The highest BCUT2D eigenvalue weighted by Gasteiger charge is 2.28. The van der Waals surface area contributed by atoms with Crippen LogP contribution < -0.4 is 5.32 Å². The number of amides is 1. The lowest BCUT2D eigenvalue weighted by atomic mass is 9.87. The lowest BCUT2D eigenvalue weighted by molar-refractivity contribution is -0.123. The van der Waals surface area contributed by atoms with Crippen molar-refractivity contribution in [3.05, 3.63) is 35.4 Å². The molecule has 0 saturated carbocycles. The van der Waals surface area contributed by atoms with Gasteiger partial charge in [0.2, 0.25) is 5.91 Å². The topological polar surface area (TPSA) is 29.1 Å². The van der Waals surface area contributed by atoms with Crippen LogP contribution >= 0.6 is 23.5 Å². The molecule has 1 aromatic carbocycles. The van der Waals surface area contributed by atoms with Crippen LogP contribution in [0.15, 0.2) is 24.3 Å². The first-order valence-corrected chi connectivity index (χ1v) is 9.63. The van der Waals surface area contributed by atoms with Gasteiger partial charge in [-0.05, 0) is 23.5 Å². The van der Waals surface area contributed by atoms with Crippen LogP contribution in [-0.4, -0.2) is 24.0 Å². The summed E-state index contributed by atoms with van der Waals surface area (Å²) in [5.74, 6) is 2.21. The van der Waals surface area contributed by atoms with Crippen molar-refractivity contribution in [1.82, 2.24) is 5.32 Å². The molecule has 21 heavy (non-hydrogen) atoms. The van der Waals surface area contributed by atoms with Crippen LogP contribution in [0.5, 0.6) is 0 Å². The minimum atomic E-state index is 0.157. The summed E-state index contributed by atoms with van der Waals surface area (Å²) in [5, 5.41) is 2.93. The second-order valence-electron chi connectivity index (χ2n) is 6.46. The van der Waals surface area contributed by atoms with Crippen molar-refractivity contribution in [1.29, 1.82) is 0 Å². The summed E-state index contributed by atoms with van der Waals surface area (Å²) in [4.78, 5) is 11.9. The van der Waals surface area contributed by atoms with Gasteiger partial charge >= 0.3 is 0 Å². The average molecular weight is 324 g/mol. The quantitative estimate of drug-likeness (QED) is 0.903. The third-order valence-corrected chi connectivity index (χ3v) is 6.82. The summed E-state index contributed by atoms with van der Waals surface area (Å²) in [5.41, 5.74) is 2.94. The van der Waals surface area contributed by atoms with E-state index in [1.54, 1.807) is 0 Å². The van der Waals surface area contributed by atoms with Crippen molar-refractivity contribution < 1.29 is 4.79 Å². The van der Waals surface area contributed by atoms with Crippen molar-refractivity contribution in [2.75, 3.05) is 18.1 Å². The number of carbonyl (C=O) groups excluding carboxylic acids is 1. The molecular weight excluding hydrogens is 298 g/mol. The van der Waals surface area contributed by atoms with Crippen molar-refractivity contribution in [2.45, 2.75) is 37.7 Å². The molecule has 1 aliphatic heterocycles. The standard InChI is InChI=1S/C17H25NOS2/c1-5-18-15(19)13-10-20-16(21-11-13)12-6-8-14(9-7-12)17(2,3)4/h6-9,13,16H,5,10-11H2,1-4H3,(H,18,19). The van der Waals surface area contributed by atoms with Crippen LogP contribution in [0, 0.1) is 5.92 Å². The number of rotatable bonds is 3. The molecule has 0 spiro atoms. The van der Waals surface area contributed by atoms with Crippen molar-refractivity contribution in [2.24, 2.45) is 5.92 Å². The van der Waals surface area contributed by atoms with E-state index in [9.17, 15) is 4.79 Å². The third kappa shape index (κ3) is 4.43. The summed E-state index contributed by atoms with van der Waals surface area (Å²) in [6.45, 7) is 9.41. The van der Waals surface area contributed by atoms with E-state index in [4.69, 9.17) is 0 Å². The van der Waals surface area contributed by atoms with Crippen LogP contribution in [0.4, 0.5) is 0 Å². The smallest absolute Gasteiger partial charge is 0.224 e. The number of hydrogen-bond acceptors (Lipinski definition) is 3. The van der Waals surface area contributed by atoms with E-state index in [0.717, 1.165) is 18.1 Å². The number of benzene rings is 1. The van der Waals surface area contributed by atoms with Gasteiger partial charge in [0, 0.05) is 18.1 Å². The summed E-state index contributed by atoms with van der Waals surface area (Å²) in [6.07, 6.45) is 0. The minimum Gasteiger partial charge on any atom is -0.356 e. The van der Waals surface area contributed by atoms with Crippen molar-refractivity contribution in [3.63, 3.8) is 0 Å². The molecule has 1 heterocycles. The van der Waals surface area contributed by atoms with Crippen LogP contribution in [0.2, 0.25) is 0 Å². The number of nitrogens with one attached hydrogen (secondary N) is 1. The molecule has 0 radical (unpaired) electrons. The van der Waals surface area contributed by atoms with E-state index in [-0.39, 0.29) is 17.2 Å². The molecule has 1 N–H and O–H groups in total. The van der Waals surface area contributed by atoms with Gasteiger partial charge in [0.25, 0.3) is 0 Å². The zero-order chi connectivity index (χ0) is 15.5. The molecule has 1 aliphatic rings. The van der Waals surface area contributed by atoms with Crippen molar-refractivity contribution >= 4 is 29.4 Å². The Kier molecular flexibility index (Phi) is 5.67. The maximum absolute atomic E-state index is 11.9. The highest BCUT2D eigenvalue weighted by molar-refractivity contribution is 8.17. The van der Waals surface area contributed by atoms with Gasteiger partial charge in [-0.2, -0.15) is 0 Å². The lowest BCUT2D eigenvalue weighted by Gasteiger charge is -2.28. The summed E-state index contributed by atoms with van der Waals surface area (Å²) in [7, 11) is 0. The van der Waals surface area contributed by atoms with E-state index in [1.807, 2.05) is 30.4 Å². The first-order valence-electron chi connectivity index (χ1n) is 7.53. The first-order chi connectivity index (χ1) is 9.91. The van der Waals surface area contributed by atoms with E-state index in [1.165, 1.54) is 11.1 Å². The average Bonchev–Trinajstić information content (AvgIpc) is 2.47. The number of carbonyl (C=O) groups is 1. The summed E-state index contributed by atoms with van der Waals surface area (Å²) in [6, 6.07) is 8.98. The van der Waals surface area contributed by atoms with Gasteiger partial charge in [-0.25, -0.2) is 0 Å². The van der Waals surface area contributed by atoms with E-state index in [2.05, 4.69) is 50.4 Å². The minimum absolute atomic E-state index is 0.157. The monoisotopic (exact) mass is 323 g/mol. The van der Waals surface area contributed by atoms with Gasteiger partial charge in [-0.3, -0.25) is 4.79 Å². The molecule has 0 atom stereocenters. The van der Waals surface area contributed by atoms with E-state index in [0.29, 0.717) is 4.58 Å². The second kappa shape index (κ2) is 7.10. The van der Waals surface area contributed by atoms with Crippen LogP contribution in [0.25, 0.3) is 0 Å². The Morgan fingerprint density at radius 3 is 2.24 bits per heavy atom. The van der Waals surface area contributed by atoms with E-state index >= 15 is 0 Å². The molecule has 0 unspecified atom stereocenters. The fourth-order valence-corrected chi connectivity index (χ4v) is 5.36. The zero-order valence-electron chi connectivity index (χ0n) is 13.3. The SMILES string of the molecule is CCNC(=O)C1CSC(c2ccc(C(C)(C)C)cc2)SC1. The first kappa shape index (κ1) is 16.8. The van der Waals surface area contributed by atoms with Crippen LogP contribution in [-0.2, 0) is 10.2 Å². The van der Waals surface area contributed by atoms with Gasteiger partial charge in [0.05, 0.1) is 10.5 Å². The summed E-state index contributed by atoms with van der Waals surface area (Å²) >= 11 is 3.79. The van der Waals surface area contributed by atoms with Gasteiger partial charge < -0.3 is 5.32 Å². The highest BCUT2D eigenvalue weighted by Crippen LogP contribution is 2.45. The molecule has 2 nitrogen and oxygen atoms in total. The van der Waals surface area contributed by atoms with Gasteiger partial charge in [-0.1, -0.05) is 45.0 Å². The van der Waals surface area contributed by atoms with Gasteiger partial charge in [0.15, 0.2) is 0 Å². The molecule has 2 rings (SSSR count). The van der Waals surface area contributed by atoms with E-state index < -0.39 is 0 Å². The van der Waals surface area contributed by atoms with Gasteiger partial charge in [-0.15, -0.1) is 23.5 Å². The normalized spacial score (nSPS) is 22.9. The largest absolute Gasteiger partial charge is 0.356 e. The lowest BCUT2D eigenvalue weighted by Crippen LogP contribution is -2.34. The third-order valence-electron chi connectivity index (χ3n) is 3.67. The fourth-order valence-electron chi connectivity index (χ4n) is 2.31. The maximum Gasteiger partial charge on any atom is 0.224 e. The molecule has 4 heteroatoms. The number of thioether (sulfide) groups is 2. The Morgan fingerprint density at radius 1 is 1.19 bits per heavy atom. The Hall–Kier alpha value is -0.610. The summed E-state index contributed by atoms with van der Waals surface area (Å²) < 4.78 is 0.463. The van der Waals surface area contributed by atoms with Gasteiger partial charge in [0.1, 0.15) is 0 Å². The second-order valence-corrected chi connectivity index (χ2v) is 9.04. The molecule has 0 aliphatic carbocycles. The highest BCUT2D eigenvalue weighted by atomic mass is 32.2. The predicted molar refractivity (Wildman–Crippen MR) is 95.0 cm³/mol. The Bertz CT molecular complexity index is 471. The van der Waals surface area contributed by atoms with Crippen LogP contribution in [0.3, 0.4) is 0 Å². The molecule has 1 saturated heterocycles. The molecule has 1 aromatic rings. The molecular formula is C17H25NOS2. The fraction of sp³-hybridized carbons (Fsp3) is 0.588. The molecule has 116 valence electrons. The predicted octanol–water partition coefficient (Wildman–Crippen LogP) is 4.22. The molecule has 0 aromatic heterocycles. The van der Waals surface area contributed by atoms with Crippen LogP contribution in [0.1, 0.15) is 43.4 Å². The zero-order valence-corrected chi connectivity index (χ0v) is 14.9. The Balaban J connectivity index is 1.95. The maximum atomic E-state index is 11.9.